The summed E-state index contributed by atoms with van der Waals surface area (Å²) in [5.74, 6) is -0.360. The lowest BCUT2D eigenvalue weighted by atomic mass is 10.1. The molecule has 1 aliphatic rings. The third kappa shape index (κ3) is 3.31. The zero-order valence-electron chi connectivity index (χ0n) is 9.26. The first kappa shape index (κ1) is 13.7. The maximum Gasteiger partial charge on any atom is 0.326 e. The van der Waals surface area contributed by atoms with Gasteiger partial charge in [-0.15, -0.1) is 0 Å². The maximum absolute atomic E-state index is 12.0. The molecule has 4 nitrogen and oxygen atoms in total. The van der Waals surface area contributed by atoms with Crippen LogP contribution in [-0.2, 0) is 9.59 Å². The lowest BCUT2D eigenvalue weighted by Crippen LogP contribution is -2.43. The van der Waals surface area contributed by atoms with Crippen LogP contribution in [0.25, 0.3) is 0 Å². The topological polar surface area (TPSA) is 57.6 Å². The second-order valence-corrected chi connectivity index (χ2v) is 5.70. The van der Waals surface area contributed by atoms with Gasteiger partial charge >= 0.3 is 5.97 Å². The summed E-state index contributed by atoms with van der Waals surface area (Å²) in [7, 11) is 0. The van der Waals surface area contributed by atoms with Crippen LogP contribution in [0.15, 0.2) is 0 Å². The molecular weight excluding hydrogens is 246 g/mol. The normalized spacial score (nSPS) is 22.1. The molecule has 0 bridgehead atoms. The molecule has 6 heteroatoms. The standard InChI is InChI=1S/C10H17NO3S2/c1-7(5-16-6-15)9(12)11-4-2-3-8(11)10(13)14/h7-8,15H,2-6H2,1H3,(H,13,14)/t7?,8-/m0/s1. The number of hydrogen-bond donors (Lipinski definition) is 2. The zero-order valence-corrected chi connectivity index (χ0v) is 11.0. The van der Waals surface area contributed by atoms with E-state index in [0.29, 0.717) is 23.8 Å². The van der Waals surface area contributed by atoms with E-state index in [2.05, 4.69) is 12.6 Å². The molecule has 0 saturated carbocycles. The predicted molar refractivity (Wildman–Crippen MR) is 67.8 cm³/mol. The minimum absolute atomic E-state index is 0.0424. The minimum Gasteiger partial charge on any atom is -0.480 e. The van der Waals surface area contributed by atoms with Gasteiger partial charge in [-0.2, -0.15) is 24.4 Å². The molecule has 1 aliphatic heterocycles. The Morgan fingerprint density at radius 2 is 2.31 bits per heavy atom. The van der Waals surface area contributed by atoms with Gasteiger partial charge in [0.25, 0.3) is 0 Å². The van der Waals surface area contributed by atoms with Gasteiger partial charge in [-0.05, 0) is 12.8 Å². The highest BCUT2D eigenvalue weighted by Gasteiger charge is 2.35. The van der Waals surface area contributed by atoms with Crippen molar-refractivity contribution in [2.75, 3.05) is 17.4 Å². The number of hydrogen-bond acceptors (Lipinski definition) is 4. The summed E-state index contributed by atoms with van der Waals surface area (Å²) < 4.78 is 0. The fraction of sp³-hybridized carbons (Fsp3) is 0.800. The summed E-state index contributed by atoms with van der Waals surface area (Å²) >= 11 is 5.65. The number of carbonyl (C=O) groups excluding carboxylic acids is 1. The van der Waals surface area contributed by atoms with Crippen molar-refractivity contribution in [3.63, 3.8) is 0 Å². The van der Waals surface area contributed by atoms with E-state index in [9.17, 15) is 9.59 Å². The van der Waals surface area contributed by atoms with Gasteiger partial charge in [0.2, 0.25) is 5.91 Å². The van der Waals surface area contributed by atoms with Crippen LogP contribution in [0.5, 0.6) is 0 Å². The molecule has 0 radical (unpaired) electrons. The zero-order chi connectivity index (χ0) is 12.1. The second-order valence-electron chi connectivity index (χ2n) is 3.93. The third-order valence-corrected chi connectivity index (χ3v) is 4.17. The monoisotopic (exact) mass is 263 g/mol. The van der Waals surface area contributed by atoms with E-state index in [1.165, 1.54) is 4.90 Å². The molecule has 1 amide bonds. The molecule has 1 N–H and O–H groups in total. The molecule has 0 aromatic heterocycles. The van der Waals surface area contributed by atoms with Gasteiger partial charge in [-0.3, -0.25) is 4.79 Å². The molecule has 1 saturated heterocycles. The molecule has 2 atom stereocenters. The van der Waals surface area contributed by atoms with E-state index in [0.717, 1.165) is 6.42 Å². The van der Waals surface area contributed by atoms with E-state index in [1.807, 2.05) is 6.92 Å². The summed E-state index contributed by atoms with van der Waals surface area (Å²) in [5, 5.41) is 9.66. The first-order chi connectivity index (χ1) is 7.57. The van der Waals surface area contributed by atoms with Crippen molar-refractivity contribution >= 4 is 36.3 Å². The van der Waals surface area contributed by atoms with Crippen molar-refractivity contribution in [2.24, 2.45) is 5.92 Å². The number of aliphatic carboxylic acids is 1. The Kier molecular flexibility index (Phi) is 5.48. The van der Waals surface area contributed by atoms with Crippen LogP contribution in [-0.4, -0.2) is 45.3 Å². The van der Waals surface area contributed by atoms with Crippen LogP contribution in [0.4, 0.5) is 0 Å². The fourth-order valence-electron chi connectivity index (χ4n) is 1.87. The predicted octanol–water partition coefficient (Wildman–Crippen LogP) is 1.32. The highest BCUT2D eigenvalue weighted by atomic mass is 32.2. The molecule has 0 aliphatic carbocycles. The van der Waals surface area contributed by atoms with E-state index in [1.54, 1.807) is 11.8 Å². The van der Waals surface area contributed by atoms with Gasteiger partial charge in [-0.1, -0.05) is 6.92 Å². The van der Waals surface area contributed by atoms with E-state index >= 15 is 0 Å². The number of likely N-dealkylation sites (tertiary alicyclic amines) is 1. The number of nitrogens with zero attached hydrogens (tertiary/aromatic N) is 1. The molecule has 0 spiro atoms. The largest absolute Gasteiger partial charge is 0.480 e. The van der Waals surface area contributed by atoms with Crippen LogP contribution < -0.4 is 0 Å². The van der Waals surface area contributed by atoms with Gasteiger partial charge in [0.1, 0.15) is 6.04 Å². The first-order valence-electron chi connectivity index (χ1n) is 5.29. The second kappa shape index (κ2) is 6.39. The van der Waals surface area contributed by atoms with Crippen LogP contribution in [0, 0.1) is 5.92 Å². The van der Waals surface area contributed by atoms with Crippen LogP contribution in [0.2, 0.25) is 0 Å². The van der Waals surface area contributed by atoms with E-state index in [4.69, 9.17) is 5.11 Å². The van der Waals surface area contributed by atoms with Gasteiger partial charge < -0.3 is 10.0 Å². The van der Waals surface area contributed by atoms with Gasteiger partial charge in [0.05, 0.1) is 0 Å². The lowest BCUT2D eigenvalue weighted by Gasteiger charge is -2.24. The Labute approximate surface area is 105 Å². The van der Waals surface area contributed by atoms with Crippen molar-refractivity contribution in [1.29, 1.82) is 0 Å². The van der Waals surface area contributed by atoms with Gasteiger partial charge in [0, 0.05) is 23.3 Å². The van der Waals surface area contributed by atoms with Crippen molar-refractivity contribution < 1.29 is 14.7 Å². The number of thiol groups is 1. The summed E-state index contributed by atoms with van der Waals surface area (Å²) in [6.07, 6.45) is 1.36. The van der Waals surface area contributed by atoms with Crippen molar-refractivity contribution in [1.82, 2.24) is 4.90 Å². The van der Waals surface area contributed by atoms with Crippen LogP contribution in [0.3, 0.4) is 0 Å². The Balaban J connectivity index is 2.55. The van der Waals surface area contributed by atoms with Crippen molar-refractivity contribution in [2.45, 2.75) is 25.8 Å². The van der Waals surface area contributed by atoms with E-state index < -0.39 is 12.0 Å². The molecule has 92 valence electrons. The van der Waals surface area contributed by atoms with Crippen molar-refractivity contribution in [3.8, 4) is 0 Å². The quantitative estimate of drug-likeness (QED) is 0.580. The van der Waals surface area contributed by atoms with Gasteiger partial charge in [0.15, 0.2) is 0 Å². The summed E-state index contributed by atoms with van der Waals surface area (Å²) in [4.78, 5) is 24.4. The minimum atomic E-state index is -0.889. The molecule has 1 heterocycles. The number of thioether (sulfide) groups is 1. The van der Waals surface area contributed by atoms with E-state index in [-0.39, 0.29) is 11.8 Å². The SMILES string of the molecule is CC(CSCS)C(=O)N1CCC[C@H]1C(=O)O. The molecular formula is C10H17NO3S2. The molecule has 1 rings (SSSR count). The Morgan fingerprint density at radius 1 is 1.62 bits per heavy atom. The highest BCUT2D eigenvalue weighted by Crippen LogP contribution is 2.21. The number of carboxylic acid groups (broad SMARTS) is 1. The first-order valence-corrected chi connectivity index (χ1v) is 7.08. The summed E-state index contributed by atoms with van der Waals surface area (Å²) in [6.45, 7) is 2.42. The van der Waals surface area contributed by atoms with Gasteiger partial charge in [-0.25, -0.2) is 4.79 Å². The molecule has 1 fully saturated rings. The number of amides is 1. The number of carbonyl (C=O) groups is 2. The smallest absolute Gasteiger partial charge is 0.326 e. The number of carboxylic acids is 1. The molecule has 1 unspecified atom stereocenters. The van der Waals surface area contributed by atoms with Crippen LogP contribution in [0.1, 0.15) is 19.8 Å². The maximum atomic E-state index is 12.0. The Bertz CT molecular complexity index is 273. The summed E-state index contributed by atoms with van der Waals surface area (Å²) in [5.41, 5.74) is 0. The average Bonchev–Trinajstić information content (AvgIpc) is 2.73. The highest BCUT2D eigenvalue weighted by molar-refractivity contribution is 8.09. The average molecular weight is 263 g/mol. The summed E-state index contributed by atoms with van der Waals surface area (Å²) in [6, 6.07) is -0.615. The van der Waals surface area contributed by atoms with Crippen LogP contribution >= 0.6 is 24.4 Å². The Morgan fingerprint density at radius 3 is 2.88 bits per heavy atom. The third-order valence-electron chi connectivity index (χ3n) is 2.70. The molecule has 16 heavy (non-hydrogen) atoms. The molecule has 0 aromatic rings. The number of rotatable bonds is 5. The fourth-order valence-corrected chi connectivity index (χ4v) is 2.79. The lowest BCUT2D eigenvalue weighted by molar-refractivity contribution is -0.149. The molecule has 0 aromatic carbocycles. The van der Waals surface area contributed by atoms with Crippen molar-refractivity contribution in [3.05, 3.63) is 0 Å². The Hall–Kier alpha value is -0.360.